The molecule has 1 unspecified atom stereocenters. The van der Waals surface area contributed by atoms with Crippen LogP contribution < -0.4 is 10.9 Å². The number of carbonyl (C=O) groups excluding carboxylic acids is 1. The number of carbonyl (C=O) groups is 1. The lowest BCUT2D eigenvalue weighted by Gasteiger charge is -2.11. The van der Waals surface area contributed by atoms with Crippen LogP contribution in [0.4, 0.5) is 5.69 Å². The zero-order valence-electron chi connectivity index (χ0n) is 14.6. The normalized spacial score (nSPS) is 12.1. The Bertz CT molecular complexity index is 974. The Labute approximate surface area is 146 Å². The molecule has 25 heavy (non-hydrogen) atoms. The van der Waals surface area contributed by atoms with Gasteiger partial charge < -0.3 is 5.32 Å². The summed E-state index contributed by atoms with van der Waals surface area (Å²) >= 11 is 0. The van der Waals surface area contributed by atoms with Crippen molar-refractivity contribution in [2.45, 2.75) is 33.1 Å². The van der Waals surface area contributed by atoms with Crippen molar-refractivity contribution in [1.29, 1.82) is 0 Å². The minimum atomic E-state index is -0.454. The van der Waals surface area contributed by atoms with Crippen LogP contribution in [0.15, 0.2) is 53.6 Å². The number of benzene rings is 1. The summed E-state index contributed by atoms with van der Waals surface area (Å²) in [4.78, 5) is 29.3. The molecule has 1 amide bonds. The predicted molar refractivity (Wildman–Crippen MR) is 99.3 cm³/mol. The van der Waals surface area contributed by atoms with E-state index in [0.29, 0.717) is 17.3 Å². The third-order valence-corrected chi connectivity index (χ3v) is 4.52. The van der Waals surface area contributed by atoms with E-state index in [9.17, 15) is 9.59 Å². The number of fused-ring (bicyclic) bond motifs is 1. The van der Waals surface area contributed by atoms with Crippen LogP contribution in [0, 0.1) is 6.92 Å². The number of anilines is 1. The van der Waals surface area contributed by atoms with E-state index in [1.54, 1.807) is 12.3 Å². The van der Waals surface area contributed by atoms with Gasteiger partial charge in [0.1, 0.15) is 11.2 Å². The summed E-state index contributed by atoms with van der Waals surface area (Å²) in [6, 6.07) is 11.4. The fraction of sp³-hybridized carbons (Fsp3) is 0.250. The first-order valence-corrected chi connectivity index (χ1v) is 8.39. The molecule has 0 saturated carbocycles. The van der Waals surface area contributed by atoms with Crippen LogP contribution in [-0.2, 0) is 0 Å². The highest BCUT2D eigenvalue weighted by molar-refractivity contribution is 6.03. The number of hydrogen-bond acceptors (Lipinski definition) is 3. The highest BCUT2D eigenvalue weighted by Gasteiger charge is 2.14. The lowest BCUT2D eigenvalue weighted by molar-refractivity contribution is 0.102. The van der Waals surface area contributed by atoms with E-state index in [-0.39, 0.29) is 11.1 Å². The lowest BCUT2D eigenvalue weighted by Crippen LogP contribution is -2.26. The van der Waals surface area contributed by atoms with Crippen LogP contribution in [0.1, 0.15) is 47.7 Å². The first-order chi connectivity index (χ1) is 12.0. The lowest BCUT2D eigenvalue weighted by atomic mass is 9.99. The van der Waals surface area contributed by atoms with Crippen molar-refractivity contribution in [3.05, 3.63) is 75.8 Å². The quantitative estimate of drug-likeness (QED) is 0.789. The number of nitrogens with zero attached hydrogens (tertiary/aromatic N) is 2. The maximum atomic E-state index is 12.6. The monoisotopic (exact) mass is 335 g/mol. The number of aryl methyl sites for hydroxylation is 1. The van der Waals surface area contributed by atoms with E-state index < -0.39 is 5.91 Å². The maximum Gasteiger partial charge on any atom is 0.270 e. The van der Waals surface area contributed by atoms with Crippen molar-refractivity contribution in [3.8, 4) is 0 Å². The smallest absolute Gasteiger partial charge is 0.270 e. The highest BCUT2D eigenvalue weighted by Crippen LogP contribution is 2.20. The second kappa shape index (κ2) is 6.89. The molecule has 5 nitrogen and oxygen atoms in total. The first-order valence-electron chi connectivity index (χ1n) is 8.39. The molecule has 0 aliphatic carbocycles. The molecular formula is C20H21N3O2. The zero-order chi connectivity index (χ0) is 18.0. The van der Waals surface area contributed by atoms with E-state index in [2.05, 4.69) is 24.1 Å². The van der Waals surface area contributed by atoms with Gasteiger partial charge in [-0.05, 0) is 48.6 Å². The van der Waals surface area contributed by atoms with Crippen LogP contribution in [0.2, 0.25) is 0 Å². The summed E-state index contributed by atoms with van der Waals surface area (Å²) in [5.74, 6) is 0.0204. The summed E-state index contributed by atoms with van der Waals surface area (Å²) < 4.78 is 1.40. The maximum absolute atomic E-state index is 12.6. The van der Waals surface area contributed by atoms with Gasteiger partial charge in [-0.15, -0.1) is 0 Å². The van der Waals surface area contributed by atoms with E-state index in [1.807, 2.05) is 37.3 Å². The van der Waals surface area contributed by atoms with Gasteiger partial charge in [0.2, 0.25) is 0 Å². The zero-order valence-corrected chi connectivity index (χ0v) is 14.6. The predicted octanol–water partition coefficient (Wildman–Crippen LogP) is 3.77. The Morgan fingerprint density at radius 1 is 1.24 bits per heavy atom. The third kappa shape index (κ3) is 3.31. The van der Waals surface area contributed by atoms with Crippen LogP contribution in [-0.4, -0.2) is 15.3 Å². The number of hydrogen-bond donors (Lipinski definition) is 1. The second-order valence-corrected chi connectivity index (χ2v) is 6.25. The summed E-state index contributed by atoms with van der Waals surface area (Å²) in [6.45, 7) is 6.18. The first kappa shape index (κ1) is 16.9. The summed E-state index contributed by atoms with van der Waals surface area (Å²) in [5, 5.41) is 2.77. The molecule has 2 heterocycles. The Kier molecular flexibility index (Phi) is 4.65. The van der Waals surface area contributed by atoms with Gasteiger partial charge in [-0.3, -0.25) is 14.0 Å². The molecule has 1 N–H and O–H groups in total. The molecule has 0 aliphatic heterocycles. The second-order valence-electron chi connectivity index (χ2n) is 6.25. The Balaban J connectivity index is 1.88. The van der Waals surface area contributed by atoms with Gasteiger partial charge in [0.15, 0.2) is 0 Å². The molecular weight excluding hydrogens is 314 g/mol. The molecule has 3 rings (SSSR count). The van der Waals surface area contributed by atoms with Gasteiger partial charge in [-0.2, -0.15) is 0 Å². The van der Waals surface area contributed by atoms with Crippen molar-refractivity contribution in [1.82, 2.24) is 9.38 Å². The van der Waals surface area contributed by atoms with Crippen LogP contribution in [0.5, 0.6) is 0 Å². The molecule has 5 heteroatoms. The van der Waals surface area contributed by atoms with Crippen LogP contribution >= 0.6 is 0 Å². The molecule has 0 saturated heterocycles. The molecule has 0 aliphatic rings. The van der Waals surface area contributed by atoms with Crippen molar-refractivity contribution in [2.75, 3.05) is 5.32 Å². The van der Waals surface area contributed by atoms with Gasteiger partial charge in [0, 0.05) is 18.1 Å². The number of pyridine rings is 1. The summed E-state index contributed by atoms with van der Waals surface area (Å²) in [7, 11) is 0. The largest absolute Gasteiger partial charge is 0.322 e. The average Bonchev–Trinajstić information content (AvgIpc) is 2.62. The van der Waals surface area contributed by atoms with Gasteiger partial charge in [-0.25, -0.2) is 4.98 Å². The molecule has 0 spiro atoms. The summed E-state index contributed by atoms with van der Waals surface area (Å²) in [6.07, 6.45) is 4.02. The molecule has 0 radical (unpaired) electrons. The minimum absolute atomic E-state index is 0.0223. The number of aromatic nitrogens is 2. The van der Waals surface area contributed by atoms with Gasteiger partial charge in [0.25, 0.3) is 11.5 Å². The number of nitrogens with one attached hydrogen (secondary N) is 1. The van der Waals surface area contributed by atoms with Crippen molar-refractivity contribution in [2.24, 2.45) is 0 Å². The fourth-order valence-electron chi connectivity index (χ4n) is 2.73. The van der Waals surface area contributed by atoms with Crippen molar-refractivity contribution in [3.63, 3.8) is 0 Å². The molecule has 1 aromatic carbocycles. The molecule has 0 fully saturated rings. The van der Waals surface area contributed by atoms with Gasteiger partial charge in [-0.1, -0.05) is 32.0 Å². The number of amides is 1. The molecule has 128 valence electrons. The van der Waals surface area contributed by atoms with E-state index in [1.165, 1.54) is 16.2 Å². The average molecular weight is 335 g/mol. The van der Waals surface area contributed by atoms with Crippen molar-refractivity contribution < 1.29 is 4.79 Å². The van der Waals surface area contributed by atoms with Crippen LogP contribution in [0.3, 0.4) is 0 Å². The minimum Gasteiger partial charge on any atom is -0.322 e. The molecule has 1 atom stereocenters. The molecule has 2 aromatic heterocycles. The van der Waals surface area contributed by atoms with E-state index >= 15 is 0 Å². The SMILES string of the molecule is CCC(C)c1ccc(NC(=O)c2cnc3c(C)cccn3c2=O)cc1. The van der Waals surface area contributed by atoms with Crippen molar-refractivity contribution >= 4 is 17.2 Å². The molecule has 3 aromatic rings. The van der Waals surface area contributed by atoms with Gasteiger partial charge in [0.05, 0.1) is 0 Å². The Morgan fingerprint density at radius 2 is 1.96 bits per heavy atom. The Hall–Kier alpha value is -2.95. The molecule has 0 bridgehead atoms. The van der Waals surface area contributed by atoms with E-state index in [4.69, 9.17) is 0 Å². The van der Waals surface area contributed by atoms with Gasteiger partial charge >= 0.3 is 0 Å². The van der Waals surface area contributed by atoms with Crippen LogP contribution in [0.25, 0.3) is 5.65 Å². The summed E-state index contributed by atoms with van der Waals surface area (Å²) in [5.41, 5.74) is 2.97. The van der Waals surface area contributed by atoms with E-state index in [0.717, 1.165) is 12.0 Å². The fourth-order valence-corrected chi connectivity index (χ4v) is 2.73. The topological polar surface area (TPSA) is 63.5 Å². The number of rotatable bonds is 4. The Morgan fingerprint density at radius 3 is 2.64 bits per heavy atom. The highest BCUT2D eigenvalue weighted by atomic mass is 16.2. The third-order valence-electron chi connectivity index (χ3n) is 4.52. The standard InChI is InChI=1S/C20H21N3O2/c1-4-13(2)15-7-9-16(10-8-15)22-19(24)17-12-21-18-14(3)6-5-11-23(18)20(17)25/h5-13H,4H2,1-3H3,(H,22,24).